The van der Waals surface area contributed by atoms with Gasteiger partial charge in [-0.3, -0.25) is 4.52 Å². The molecule has 0 radical (unpaired) electrons. The van der Waals surface area contributed by atoms with E-state index in [4.69, 9.17) is 9.26 Å². The summed E-state index contributed by atoms with van der Waals surface area (Å²) in [5.41, 5.74) is 2.70. The smallest absolute Gasteiger partial charge is 0.324 e. The lowest BCUT2D eigenvalue weighted by molar-refractivity contribution is -0.759. The van der Waals surface area contributed by atoms with E-state index in [1.807, 2.05) is 11.1 Å². The van der Waals surface area contributed by atoms with Gasteiger partial charge in [0.15, 0.2) is 0 Å². The van der Waals surface area contributed by atoms with Crippen molar-refractivity contribution >= 4 is 23.5 Å². The van der Waals surface area contributed by atoms with Gasteiger partial charge in [0.2, 0.25) is 5.27 Å². The van der Waals surface area contributed by atoms with Crippen LogP contribution in [0.15, 0.2) is 26.8 Å². The molecule has 2 aromatic heterocycles. The lowest BCUT2D eigenvalue weighted by Crippen LogP contribution is -2.62. The highest BCUT2D eigenvalue weighted by Gasteiger charge is 2.23. The molecule has 0 bridgehead atoms. The zero-order chi connectivity index (χ0) is 20.2. The van der Waals surface area contributed by atoms with Crippen LogP contribution in [0.2, 0.25) is 0 Å². The molecule has 0 aromatic carbocycles. The van der Waals surface area contributed by atoms with Crippen molar-refractivity contribution in [3.8, 4) is 6.07 Å². The average Bonchev–Trinajstić information content (AvgIpc) is 3.20. The maximum Gasteiger partial charge on any atom is 0.324 e. The minimum atomic E-state index is -0.364. The van der Waals surface area contributed by atoms with E-state index in [0.29, 0.717) is 42.8 Å². The zero-order valence-electron chi connectivity index (χ0n) is 16.2. The second-order valence-electron chi connectivity index (χ2n) is 7.23. The lowest BCUT2D eigenvalue weighted by atomic mass is 9.87. The summed E-state index contributed by atoms with van der Waals surface area (Å²) in [6, 6.07) is 4.12. The van der Waals surface area contributed by atoms with E-state index < -0.39 is 0 Å². The highest BCUT2D eigenvalue weighted by atomic mass is 32.2. The van der Waals surface area contributed by atoms with Crippen LogP contribution in [0.3, 0.4) is 0 Å². The highest BCUT2D eigenvalue weighted by molar-refractivity contribution is 7.99. The molecule has 2 aliphatic rings. The monoisotopic (exact) mass is 414 g/mol. The third-order valence-electron chi connectivity index (χ3n) is 5.01. The number of morpholine rings is 1. The lowest BCUT2D eigenvalue weighted by Gasteiger charge is -2.21. The summed E-state index contributed by atoms with van der Waals surface area (Å²) >= 11 is 1.23. The number of nitrogens with zero attached hydrogens (tertiary/aromatic N) is 6. The molecule has 0 saturated carbocycles. The van der Waals surface area contributed by atoms with E-state index in [9.17, 15) is 10.4 Å². The Labute approximate surface area is 172 Å². The quantitative estimate of drug-likeness (QED) is 0.301. The molecule has 1 fully saturated rings. The Balaban J connectivity index is 1.42. The number of aliphatic imine (C=N–C) groups is 1. The summed E-state index contributed by atoms with van der Waals surface area (Å²) < 4.78 is 10.4. The van der Waals surface area contributed by atoms with Gasteiger partial charge in [-0.05, 0) is 42.7 Å². The normalized spacial score (nSPS) is 19.7. The van der Waals surface area contributed by atoms with Crippen LogP contribution in [0.25, 0.3) is 0 Å². The molecule has 1 atom stereocenters. The number of fused-ring (bicyclic) bond motifs is 1. The molecular formula is C19H22N6O3S. The molecular weight excluding hydrogens is 392 g/mol. The van der Waals surface area contributed by atoms with Crippen molar-refractivity contribution < 1.29 is 19.2 Å². The van der Waals surface area contributed by atoms with Crippen LogP contribution in [-0.4, -0.2) is 48.2 Å². The summed E-state index contributed by atoms with van der Waals surface area (Å²) in [6.07, 6.45) is 4.53. The number of aryl methyl sites for hydroxylation is 1. The summed E-state index contributed by atoms with van der Waals surface area (Å²) in [5, 5.41) is 28.2. The van der Waals surface area contributed by atoms with Crippen LogP contribution in [0, 0.1) is 17.2 Å². The van der Waals surface area contributed by atoms with Crippen LogP contribution in [0.5, 0.6) is 0 Å². The van der Waals surface area contributed by atoms with Crippen LogP contribution in [0.4, 0.5) is 5.88 Å². The molecule has 1 saturated heterocycles. The maximum absolute atomic E-state index is 12.3. The molecule has 9 nitrogen and oxygen atoms in total. The molecule has 1 unspecified atom stereocenters. The predicted molar refractivity (Wildman–Crippen MR) is 103 cm³/mol. The van der Waals surface area contributed by atoms with Gasteiger partial charge < -0.3 is 9.84 Å². The van der Waals surface area contributed by atoms with E-state index >= 15 is 0 Å². The number of pyridine rings is 1. The molecule has 0 spiro atoms. The van der Waals surface area contributed by atoms with Gasteiger partial charge in [-0.15, -0.1) is 5.01 Å². The van der Waals surface area contributed by atoms with E-state index in [2.05, 4.69) is 28.2 Å². The first kappa shape index (κ1) is 19.7. The molecule has 0 N–H and O–H groups in total. The molecule has 2 aromatic rings. The van der Waals surface area contributed by atoms with Crippen LogP contribution < -0.4 is 14.9 Å². The minimum absolute atomic E-state index is 0.0785. The number of rotatable bonds is 5. The van der Waals surface area contributed by atoms with E-state index in [1.54, 1.807) is 11.0 Å². The fourth-order valence-corrected chi connectivity index (χ4v) is 4.23. The van der Waals surface area contributed by atoms with Crippen molar-refractivity contribution in [2.45, 2.75) is 31.2 Å². The Hall–Kier alpha value is -2.64. The summed E-state index contributed by atoms with van der Waals surface area (Å²) in [5.74, 6) is 0.471. The summed E-state index contributed by atoms with van der Waals surface area (Å²) in [7, 11) is 0. The first-order chi connectivity index (χ1) is 14.1. The van der Waals surface area contributed by atoms with Gasteiger partial charge in [0, 0.05) is 11.4 Å². The van der Waals surface area contributed by atoms with Crippen molar-refractivity contribution in [2.24, 2.45) is 10.9 Å². The van der Waals surface area contributed by atoms with Crippen LogP contribution in [0.1, 0.15) is 30.2 Å². The van der Waals surface area contributed by atoms with E-state index in [-0.39, 0.29) is 17.5 Å². The highest BCUT2D eigenvalue weighted by Crippen LogP contribution is 2.29. The Morgan fingerprint density at radius 2 is 2.31 bits per heavy atom. The van der Waals surface area contributed by atoms with Crippen molar-refractivity contribution in [3.05, 3.63) is 29.1 Å². The number of nitriles is 1. The summed E-state index contributed by atoms with van der Waals surface area (Å²) in [4.78, 5) is 10.2. The fraction of sp³-hybridized carbons (Fsp3) is 0.526. The zero-order valence-corrected chi connectivity index (χ0v) is 17.0. The van der Waals surface area contributed by atoms with Gasteiger partial charge in [-0.25, -0.2) is 9.98 Å². The number of thioether (sulfide) groups is 1. The van der Waals surface area contributed by atoms with Crippen LogP contribution >= 0.6 is 11.8 Å². The average molecular weight is 414 g/mol. The standard InChI is InChI=1S/C19H22N6O3S/c1-13-2-3-16-14(8-13)9-15(10-20)19(21-16)29-12-17(26)22-18-11-25(23-28-18)24-4-6-27-7-5-24/h9,11,13H,2-8,12H2,1H3. The van der Waals surface area contributed by atoms with Gasteiger partial charge in [0.25, 0.3) is 6.20 Å². The second-order valence-corrected chi connectivity index (χ2v) is 8.19. The van der Waals surface area contributed by atoms with Crippen molar-refractivity contribution in [1.29, 1.82) is 5.26 Å². The molecule has 1 aliphatic carbocycles. The third-order valence-corrected chi connectivity index (χ3v) is 5.98. The Morgan fingerprint density at radius 1 is 1.48 bits per heavy atom. The predicted octanol–water partition coefficient (Wildman–Crippen LogP) is 0.504. The van der Waals surface area contributed by atoms with Gasteiger partial charge in [-0.1, -0.05) is 18.7 Å². The van der Waals surface area contributed by atoms with Crippen molar-refractivity contribution in [2.75, 3.05) is 37.1 Å². The molecule has 29 heavy (non-hydrogen) atoms. The fourth-order valence-electron chi connectivity index (χ4n) is 3.47. The van der Waals surface area contributed by atoms with Crippen molar-refractivity contribution in [3.63, 3.8) is 0 Å². The van der Waals surface area contributed by atoms with E-state index in [1.165, 1.54) is 11.8 Å². The Morgan fingerprint density at radius 3 is 3.10 bits per heavy atom. The summed E-state index contributed by atoms with van der Waals surface area (Å²) in [6.45, 7) is 4.84. The van der Waals surface area contributed by atoms with Gasteiger partial charge >= 0.3 is 5.88 Å². The number of ether oxygens (including phenoxy) is 1. The van der Waals surface area contributed by atoms with Gasteiger partial charge in [0.05, 0.1) is 36.7 Å². The first-order valence-electron chi connectivity index (χ1n) is 9.64. The number of hydrogen-bond donors (Lipinski definition) is 0. The minimum Gasteiger partial charge on any atom is -0.861 e. The number of aromatic nitrogens is 3. The SMILES string of the molecule is CC1CCc2nc(SC/C([O-])=N\c3c[n+](N4CCOCC4)no3)c(C#N)cc2C1. The molecule has 4 rings (SSSR count). The largest absolute Gasteiger partial charge is 0.861 e. The van der Waals surface area contributed by atoms with Gasteiger partial charge in [0.1, 0.15) is 11.1 Å². The molecule has 152 valence electrons. The first-order valence-corrected chi connectivity index (χ1v) is 10.6. The topological polar surface area (TPSA) is 114 Å². The molecule has 10 heteroatoms. The molecule has 1 aliphatic heterocycles. The van der Waals surface area contributed by atoms with Crippen LogP contribution in [-0.2, 0) is 17.6 Å². The molecule has 3 heterocycles. The van der Waals surface area contributed by atoms with Crippen molar-refractivity contribution in [1.82, 2.24) is 10.3 Å². The Kier molecular flexibility index (Phi) is 5.97. The van der Waals surface area contributed by atoms with Gasteiger partial charge in [-0.2, -0.15) is 5.26 Å². The molecule has 0 amide bonds. The second kappa shape index (κ2) is 8.80. The van der Waals surface area contributed by atoms with E-state index in [0.717, 1.165) is 30.5 Å². The third kappa shape index (κ3) is 4.68. The Bertz CT molecular complexity index is 948. The maximum atomic E-state index is 12.3. The number of hydrogen-bond acceptors (Lipinski definition) is 9.